The van der Waals surface area contributed by atoms with Crippen molar-refractivity contribution in [3.63, 3.8) is 0 Å². The van der Waals surface area contributed by atoms with Gasteiger partial charge in [-0.15, -0.1) is 0 Å². The molecule has 1 saturated heterocycles. The summed E-state index contributed by atoms with van der Waals surface area (Å²) in [6.07, 6.45) is 0.631. The van der Waals surface area contributed by atoms with Gasteiger partial charge < -0.3 is 14.9 Å². The molecule has 1 fully saturated rings. The minimum absolute atomic E-state index is 0.0919. The molecule has 0 amide bonds. The normalized spacial score (nSPS) is 43.1. The standard InChI is InChI=1S/C11H15N5O3S/c1-11-9(12)13-3-14-10(11)16(4-15-11)8-7(20)6(18)5(2-17)19-8/h3-8,12,17-18,20H,2H2,1H3/t5-,6-,7-,8-,11?/m1/s1. The molecule has 9 heteroatoms. The molecular weight excluding hydrogens is 282 g/mol. The van der Waals surface area contributed by atoms with Gasteiger partial charge in [-0.2, -0.15) is 12.6 Å². The van der Waals surface area contributed by atoms with Crippen molar-refractivity contribution in [3.8, 4) is 0 Å². The van der Waals surface area contributed by atoms with Crippen LogP contribution in [-0.4, -0.2) is 75.3 Å². The van der Waals surface area contributed by atoms with E-state index in [2.05, 4.69) is 27.6 Å². The Labute approximate surface area is 120 Å². The molecule has 3 heterocycles. The van der Waals surface area contributed by atoms with E-state index >= 15 is 0 Å². The van der Waals surface area contributed by atoms with E-state index in [0.29, 0.717) is 5.84 Å². The zero-order chi connectivity index (χ0) is 14.5. The lowest BCUT2D eigenvalue weighted by Gasteiger charge is -2.31. The van der Waals surface area contributed by atoms with Crippen molar-refractivity contribution in [2.75, 3.05) is 6.61 Å². The molecule has 5 atom stereocenters. The zero-order valence-corrected chi connectivity index (χ0v) is 11.6. The highest BCUT2D eigenvalue weighted by Gasteiger charge is 2.51. The lowest BCUT2D eigenvalue weighted by atomic mass is 9.99. The summed E-state index contributed by atoms with van der Waals surface area (Å²) in [5.74, 6) is 0.599. The van der Waals surface area contributed by atoms with Gasteiger partial charge in [-0.05, 0) is 6.92 Å². The molecular formula is C11H15N5O3S. The zero-order valence-electron chi connectivity index (χ0n) is 10.7. The van der Waals surface area contributed by atoms with E-state index in [9.17, 15) is 10.2 Å². The van der Waals surface area contributed by atoms with Crippen LogP contribution < -0.4 is 0 Å². The van der Waals surface area contributed by atoms with Gasteiger partial charge in [-0.25, -0.2) is 9.98 Å². The Morgan fingerprint density at radius 3 is 3.00 bits per heavy atom. The molecule has 0 radical (unpaired) electrons. The van der Waals surface area contributed by atoms with Gasteiger partial charge >= 0.3 is 0 Å². The van der Waals surface area contributed by atoms with Gasteiger partial charge in [0, 0.05) is 0 Å². The lowest BCUT2D eigenvalue weighted by Crippen LogP contribution is -2.51. The first-order valence-electron chi connectivity index (χ1n) is 6.15. The van der Waals surface area contributed by atoms with Gasteiger partial charge in [-0.3, -0.25) is 15.3 Å². The molecule has 3 aliphatic rings. The van der Waals surface area contributed by atoms with Crippen LogP contribution in [0.3, 0.4) is 0 Å². The number of aliphatic hydroxyl groups excluding tert-OH is 2. The molecule has 0 spiro atoms. The maximum Gasteiger partial charge on any atom is 0.176 e. The van der Waals surface area contributed by atoms with Crippen LogP contribution in [0.2, 0.25) is 0 Å². The largest absolute Gasteiger partial charge is 0.394 e. The number of fused-ring (bicyclic) bond motifs is 1. The Morgan fingerprint density at radius 1 is 1.60 bits per heavy atom. The Morgan fingerprint density at radius 2 is 2.35 bits per heavy atom. The van der Waals surface area contributed by atoms with Crippen molar-refractivity contribution in [1.29, 1.82) is 5.41 Å². The van der Waals surface area contributed by atoms with Crippen molar-refractivity contribution in [1.82, 2.24) is 4.90 Å². The van der Waals surface area contributed by atoms with Crippen LogP contribution in [0, 0.1) is 5.41 Å². The maximum atomic E-state index is 9.96. The van der Waals surface area contributed by atoms with Crippen molar-refractivity contribution < 1.29 is 14.9 Å². The van der Waals surface area contributed by atoms with Crippen molar-refractivity contribution in [2.24, 2.45) is 15.0 Å². The van der Waals surface area contributed by atoms with E-state index < -0.39 is 29.2 Å². The van der Waals surface area contributed by atoms with E-state index in [1.54, 1.807) is 11.8 Å². The number of rotatable bonds is 2. The molecule has 0 aromatic heterocycles. The molecule has 0 aliphatic carbocycles. The first kappa shape index (κ1) is 13.7. The monoisotopic (exact) mass is 297 g/mol. The first-order chi connectivity index (χ1) is 9.49. The summed E-state index contributed by atoms with van der Waals surface area (Å²) in [4.78, 5) is 13.9. The summed E-state index contributed by atoms with van der Waals surface area (Å²) in [5, 5.41) is 26.5. The van der Waals surface area contributed by atoms with Gasteiger partial charge in [0.1, 0.15) is 18.3 Å². The molecule has 3 rings (SSSR count). The average molecular weight is 297 g/mol. The summed E-state index contributed by atoms with van der Waals surface area (Å²) in [6, 6.07) is 0. The summed E-state index contributed by atoms with van der Waals surface area (Å²) in [7, 11) is 0. The minimum atomic E-state index is -0.937. The number of nitrogens with one attached hydrogen (secondary N) is 1. The van der Waals surface area contributed by atoms with Crippen LogP contribution in [-0.2, 0) is 4.74 Å². The molecule has 0 bridgehead atoms. The molecule has 3 N–H and O–H groups in total. The molecule has 1 unspecified atom stereocenters. The lowest BCUT2D eigenvalue weighted by molar-refractivity contribution is -0.0432. The molecule has 8 nitrogen and oxygen atoms in total. The second-order valence-electron chi connectivity index (χ2n) is 5.00. The van der Waals surface area contributed by atoms with Crippen molar-refractivity contribution in [2.45, 2.75) is 36.1 Å². The van der Waals surface area contributed by atoms with E-state index in [1.165, 1.54) is 12.7 Å². The Bertz CT molecular complexity index is 536. The third-order valence-electron chi connectivity index (χ3n) is 3.74. The fourth-order valence-corrected chi connectivity index (χ4v) is 2.87. The van der Waals surface area contributed by atoms with E-state index in [0.717, 1.165) is 0 Å². The third-order valence-corrected chi connectivity index (χ3v) is 4.30. The topological polar surface area (TPSA) is 114 Å². The van der Waals surface area contributed by atoms with Crippen LogP contribution >= 0.6 is 12.6 Å². The molecule has 0 aromatic carbocycles. The van der Waals surface area contributed by atoms with Crippen LogP contribution in [0.4, 0.5) is 0 Å². The average Bonchev–Trinajstić information content (AvgIpc) is 2.91. The summed E-state index contributed by atoms with van der Waals surface area (Å²) in [6.45, 7) is 1.45. The van der Waals surface area contributed by atoms with E-state index in [1.807, 2.05) is 0 Å². The second-order valence-corrected chi connectivity index (χ2v) is 5.60. The fourth-order valence-electron chi connectivity index (χ4n) is 2.46. The number of thiol groups is 1. The van der Waals surface area contributed by atoms with Gasteiger partial charge in [0.25, 0.3) is 0 Å². The van der Waals surface area contributed by atoms with Crippen molar-refractivity contribution in [3.05, 3.63) is 0 Å². The van der Waals surface area contributed by atoms with Crippen LogP contribution in [0.1, 0.15) is 6.92 Å². The highest BCUT2D eigenvalue weighted by atomic mass is 32.1. The molecule has 0 aromatic rings. The van der Waals surface area contributed by atoms with Crippen LogP contribution in [0.5, 0.6) is 0 Å². The smallest absolute Gasteiger partial charge is 0.176 e. The molecule has 3 aliphatic heterocycles. The van der Waals surface area contributed by atoms with Crippen molar-refractivity contribution >= 4 is 37.0 Å². The van der Waals surface area contributed by atoms with E-state index in [4.69, 9.17) is 10.1 Å². The second kappa shape index (κ2) is 4.62. The Balaban J connectivity index is 1.90. The molecule has 108 valence electrons. The maximum absolute atomic E-state index is 9.96. The summed E-state index contributed by atoms with van der Waals surface area (Å²) >= 11 is 4.34. The summed E-state index contributed by atoms with van der Waals surface area (Å²) < 4.78 is 5.61. The number of aliphatic hydroxyl groups is 2. The van der Waals surface area contributed by atoms with Gasteiger partial charge in [0.15, 0.2) is 17.6 Å². The molecule has 20 heavy (non-hydrogen) atoms. The number of aliphatic imine (C=N–C) groups is 3. The van der Waals surface area contributed by atoms with Gasteiger partial charge in [0.05, 0.1) is 24.3 Å². The number of hydrogen-bond donors (Lipinski definition) is 4. The number of amidine groups is 2. The Kier molecular flexibility index (Phi) is 3.16. The van der Waals surface area contributed by atoms with Gasteiger partial charge in [-0.1, -0.05) is 0 Å². The third kappa shape index (κ3) is 1.74. The first-order valence-corrected chi connectivity index (χ1v) is 6.66. The highest BCUT2D eigenvalue weighted by Crippen LogP contribution is 2.33. The number of hydrogen-bond acceptors (Lipinski definition) is 8. The highest BCUT2D eigenvalue weighted by molar-refractivity contribution is 7.81. The minimum Gasteiger partial charge on any atom is -0.394 e. The van der Waals surface area contributed by atoms with Crippen LogP contribution in [0.15, 0.2) is 15.0 Å². The van der Waals surface area contributed by atoms with E-state index in [-0.39, 0.29) is 12.4 Å². The van der Waals surface area contributed by atoms with Gasteiger partial charge in [0.2, 0.25) is 0 Å². The predicted octanol–water partition coefficient (Wildman–Crippen LogP) is -1.12. The predicted molar refractivity (Wildman–Crippen MR) is 76.9 cm³/mol. The quantitative estimate of drug-likeness (QED) is 0.484. The van der Waals surface area contributed by atoms with Crippen LogP contribution in [0.25, 0.3) is 0 Å². The SMILES string of the molecule is CC12N=CN([C@@H]3O[C@H](CO)[C@@H](O)[C@H]3S)C1=NC=NC2=N. The number of ether oxygens (including phenoxy) is 1. The summed E-state index contributed by atoms with van der Waals surface area (Å²) in [5.41, 5.74) is -0.937. The molecule has 0 saturated carbocycles. The Hall–Kier alpha value is -1.29. The fraction of sp³-hybridized carbons (Fsp3) is 0.636. The number of nitrogens with zero attached hydrogens (tertiary/aromatic N) is 4.